The molecule has 0 aliphatic heterocycles. The summed E-state index contributed by atoms with van der Waals surface area (Å²) in [6.07, 6.45) is 3.46. The van der Waals surface area contributed by atoms with Crippen LogP contribution in [0.25, 0.3) is 0 Å². The van der Waals surface area contributed by atoms with Gasteiger partial charge in [-0.05, 0) is 37.0 Å². The van der Waals surface area contributed by atoms with Gasteiger partial charge in [-0.15, -0.1) is 0 Å². The van der Waals surface area contributed by atoms with Gasteiger partial charge in [0, 0.05) is 0 Å². The van der Waals surface area contributed by atoms with Crippen LogP contribution < -0.4 is 0 Å². The van der Waals surface area contributed by atoms with Gasteiger partial charge < -0.3 is 4.74 Å². The van der Waals surface area contributed by atoms with Gasteiger partial charge in [-0.3, -0.25) is 4.79 Å². The molecule has 0 saturated heterocycles. The van der Waals surface area contributed by atoms with Crippen LogP contribution in [0.4, 0.5) is 4.39 Å². The first-order valence-electron chi connectivity index (χ1n) is 6.12. The number of hydrogen-bond acceptors (Lipinski definition) is 2. The molecule has 92 valence electrons. The number of benzene rings is 1. The largest absolute Gasteiger partial charge is 0.465 e. The summed E-state index contributed by atoms with van der Waals surface area (Å²) in [7, 11) is 0. The highest BCUT2D eigenvalue weighted by molar-refractivity contribution is 5.84. The van der Waals surface area contributed by atoms with Crippen molar-refractivity contribution in [2.45, 2.75) is 38.0 Å². The third-order valence-corrected chi connectivity index (χ3v) is 3.43. The zero-order valence-corrected chi connectivity index (χ0v) is 10.0. The van der Waals surface area contributed by atoms with Crippen molar-refractivity contribution < 1.29 is 13.9 Å². The fourth-order valence-electron chi connectivity index (χ4n) is 2.24. The van der Waals surface area contributed by atoms with Crippen LogP contribution in [-0.4, -0.2) is 12.6 Å². The van der Waals surface area contributed by atoms with Crippen LogP contribution in [0.1, 0.15) is 38.2 Å². The maximum absolute atomic E-state index is 12.9. The van der Waals surface area contributed by atoms with E-state index < -0.39 is 5.41 Å². The number of ether oxygens (including phenoxy) is 1. The van der Waals surface area contributed by atoms with E-state index in [4.69, 9.17) is 4.74 Å². The summed E-state index contributed by atoms with van der Waals surface area (Å²) in [6, 6.07) is 6.20. The van der Waals surface area contributed by atoms with Crippen molar-refractivity contribution in [3.63, 3.8) is 0 Å². The number of halogens is 1. The van der Waals surface area contributed by atoms with Gasteiger partial charge in [-0.25, -0.2) is 4.39 Å². The summed E-state index contributed by atoms with van der Waals surface area (Å²) in [4.78, 5) is 12.1. The van der Waals surface area contributed by atoms with Gasteiger partial charge in [0.2, 0.25) is 0 Å². The molecule has 2 nitrogen and oxygen atoms in total. The minimum Gasteiger partial charge on any atom is -0.465 e. The van der Waals surface area contributed by atoms with Crippen LogP contribution in [0.5, 0.6) is 0 Å². The minimum absolute atomic E-state index is 0.155. The zero-order chi connectivity index (χ0) is 12.3. The Balaban J connectivity index is 2.19. The molecule has 0 N–H and O–H groups in total. The normalized spacial score (nSPS) is 17.3. The second kappa shape index (κ2) is 4.86. The van der Waals surface area contributed by atoms with E-state index in [1.165, 1.54) is 12.1 Å². The van der Waals surface area contributed by atoms with E-state index in [9.17, 15) is 9.18 Å². The van der Waals surface area contributed by atoms with E-state index in [1.807, 2.05) is 6.92 Å². The number of hydrogen-bond donors (Lipinski definition) is 0. The Morgan fingerprint density at radius 2 is 2.00 bits per heavy atom. The predicted molar refractivity (Wildman–Crippen MR) is 63.2 cm³/mol. The maximum Gasteiger partial charge on any atom is 0.316 e. The van der Waals surface area contributed by atoms with Crippen molar-refractivity contribution in [1.29, 1.82) is 0 Å². The first-order chi connectivity index (χ1) is 8.19. The molecule has 0 radical (unpaired) electrons. The number of esters is 1. The molecule has 2 rings (SSSR count). The van der Waals surface area contributed by atoms with Crippen LogP contribution in [0.2, 0.25) is 0 Å². The fourth-order valence-corrected chi connectivity index (χ4v) is 2.24. The van der Waals surface area contributed by atoms with Crippen LogP contribution in [0.15, 0.2) is 24.3 Å². The van der Waals surface area contributed by atoms with Crippen LogP contribution >= 0.6 is 0 Å². The molecule has 0 heterocycles. The molecule has 0 amide bonds. The third-order valence-electron chi connectivity index (χ3n) is 3.43. The molecule has 3 heteroatoms. The highest BCUT2D eigenvalue weighted by atomic mass is 19.1. The molecule has 0 unspecified atom stereocenters. The van der Waals surface area contributed by atoms with E-state index in [1.54, 1.807) is 12.1 Å². The Hall–Kier alpha value is -1.38. The predicted octanol–water partition coefficient (Wildman–Crippen LogP) is 3.20. The molecular weight excluding hydrogens is 219 g/mol. The Morgan fingerprint density at radius 3 is 2.47 bits per heavy atom. The lowest BCUT2D eigenvalue weighted by Crippen LogP contribution is -2.43. The Labute approximate surface area is 101 Å². The van der Waals surface area contributed by atoms with E-state index in [0.717, 1.165) is 31.2 Å². The van der Waals surface area contributed by atoms with E-state index in [2.05, 4.69) is 0 Å². The van der Waals surface area contributed by atoms with Gasteiger partial charge in [0.1, 0.15) is 5.82 Å². The molecule has 1 aromatic carbocycles. The van der Waals surface area contributed by atoms with Crippen LogP contribution in [0, 0.1) is 5.82 Å². The van der Waals surface area contributed by atoms with Crippen LogP contribution in [0.3, 0.4) is 0 Å². The summed E-state index contributed by atoms with van der Waals surface area (Å²) in [5.74, 6) is -0.428. The lowest BCUT2D eigenvalue weighted by atomic mass is 9.64. The summed E-state index contributed by atoms with van der Waals surface area (Å²) in [5.41, 5.74) is 0.370. The second-order valence-electron chi connectivity index (χ2n) is 4.58. The van der Waals surface area contributed by atoms with Crippen molar-refractivity contribution in [1.82, 2.24) is 0 Å². The highest BCUT2D eigenvalue weighted by Crippen LogP contribution is 2.44. The Morgan fingerprint density at radius 1 is 1.35 bits per heavy atom. The first kappa shape index (κ1) is 12.1. The third kappa shape index (κ3) is 2.19. The molecule has 0 spiro atoms. The number of carbonyl (C=O) groups is 1. The van der Waals surface area contributed by atoms with E-state index >= 15 is 0 Å². The average Bonchev–Trinajstić information content (AvgIpc) is 2.27. The lowest BCUT2D eigenvalue weighted by molar-refractivity contribution is -0.154. The smallest absolute Gasteiger partial charge is 0.316 e. The van der Waals surface area contributed by atoms with Crippen LogP contribution in [-0.2, 0) is 14.9 Å². The summed E-state index contributed by atoms with van der Waals surface area (Å²) in [5, 5.41) is 0. The average molecular weight is 236 g/mol. The molecule has 1 fully saturated rings. The number of carbonyl (C=O) groups excluding carboxylic acids is 1. The summed E-state index contributed by atoms with van der Waals surface area (Å²) < 4.78 is 18.1. The number of rotatable bonds is 4. The molecule has 1 aliphatic rings. The summed E-state index contributed by atoms with van der Waals surface area (Å²) >= 11 is 0. The lowest BCUT2D eigenvalue weighted by Gasteiger charge is -2.39. The Bertz CT molecular complexity index is 393. The standard InChI is InChI=1S/C14H17FO2/c1-2-10-17-13(16)14(8-3-9-14)11-4-6-12(15)7-5-11/h4-7H,2-3,8-10H2,1H3. The molecule has 1 aromatic rings. The van der Waals surface area contributed by atoms with Crippen molar-refractivity contribution in [2.75, 3.05) is 6.61 Å². The van der Waals surface area contributed by atoms with Crippen molar-refractivity contribution in [2.24, 2.45) is 0 Å². The summed E-state index contributed by atoms with van der Waals surface area (Å²) in [6.45, 7) is 2.43. The van der Waals surface area contributed by atoms with Crippen molar-refractivity contribution in [3.8, 4) is 0 Å². The second-order valence-corrected chi connectivity index (χ2v) is 4.58. The van der Waals surface area contributed by atoms with Gasteiger partial charge in [0.25, 0.3) is 0 Å². The minimum atomic E-state index is -0.511. The van der Waals surface area contributed by atoms with E-state index in [-0.39, 0.29) is 11.8 Å². The Kier molecular flexibility index (Phi) is 3.46. The highest BCUT2D eigenvalue weighted by Gasteiger charge is 2.46. The maximum atomic E-state index is 12.9. The molecule has 0 atom stereocenters. The molecule has 1 saturated carbocycles. The van der Waals surface area contributed by atoms with Crippen molar-refractivity contribution >= 4 is 5.97 Å². The SMILES string of the molecule is CCCOC(=O)C1(c2ccc(F)cc2)CCC1. The topological polar surface area (TPSA) is 26.3 Å². The first-order valence-corrected chi connectivity index (χ1v) is 6.12. The molecular formula is C14H17FO2. The molecule has 0 bridgehead atoms. The fraction of sp³-hybridized carbons (Fsp3) is 0.500. The molecule has 0 aromatic heterocycles. The molecule has 1 aliphatic carbocycles. The van der Waals surface area contributed by atoms with Gasteiger partial charge >= 0.3 is 5.97 Å². The van der Waals surface area contributed by atoms with E-state index in [0.29, 0.717) is 6.61 Å². The van der Waals surface area contributed by atoms with Gasteiger partial charge in [-0.1, -0.05) is 25.5 Å². The quantitative estimate of drug-likeness (QED) is 0.750. The van der Waals surface area contributed by atoms with Gasteiger partial charge in [0.15, 0.2) is 0 Å². The van der Waals surface area contributed by atoms with Crippen molar-refractivity contribution in [3.05, 3.63) is 35.6 Å². The van der Waals surface area contributed by atoms with Gasteiger partial charge in [-0.2, -0.15) is 0 Å². The molecule has 17 heavy (non-hydrogen) atoms. The monoisotopic (exact) mass is 236 g/mol. The zero-order valence-electron chi connectivity index (χ0n) is 10.0. The van der Waals surface area contributed by atoms with Gasteiger partial charge in [0.05, 0.1) is 12.0 Å².